The minimum Gasteiger partial charge on any atom is -0.295 e. The van der Waals surface area contributed by atoms with Gasteiger partial charge in [0.2, 0.25) is 10.0 Å². The van der Waals surface area contributed by atoms with Crippen LogP contribution in [0.2, 0.25) is 0 Å². The fourth-order valence-corrected chi connectivity index (χ4v) is 3.23. The van der Waals surface area contributed by atoms with Crippen LogP contribution in [0, 0.1) is 11.6 Å². The molecule has 0 bridgehead atoms. The van der Waals surface area contributed by atoms with Gasteiger partial charge in [-0.25, -0.2) is 21.9 Å². The molecule has 3 aromatic rings. The molecule has 3 rings (SSSR count). The van der Waals surface area contributed by atoms with E-state index in [1.165, 1.54) is 37.3 Å². The van der Waals surface area contributed by atoms with Crippen LogP contribution in [0.5, 0.6) is 0 Å². The van der Waals surface area contributed by atoms with Crippen molar-refractivity contribution in [1.29, 1.82) is 0 Å². The van der Waals surface area contributed by atoms with Gasteiger partial charge in [0.25, 0.3) is 0 Å². The summed E-state index contributed by atoms with van der Waals surface area (Å²) in [5.41, 5.74) is 0.523. The molecule has 0 aliphatic carbocycles. The maximum atomic E-state index is 13.4. The van der Waals surface area contributed by atoms with Crippen LogP contribution >= 0.6 is 0 Å². The van der Waals surface area contributed by atoms with E-state index < -0.39 is 21.7 Å². The fourth-order valence-electron chi connectivity index (χ4n) is 2.24. The van der Waals surface area contributed by atoms with Crippen LogP contribution in [0.1, 0.15) is 23.1 Å². The lowest BCUT2D eigenvalue weighted by Gasteiger charge is -2.08. The van der Waals surface area contributed by atoms with Crippen LogP contribution in [0.3, 0.4) is 0 Å². The van der Waals surface area contributed by atoms with Crippen LogP contribution in [-0.4, -0.2) is 34.4 Å². The molecular weight excluding hydrogens is 380 g/mol. The SMILES string of the molecule is CC(=O)c1ccc(S(=O)(=O)NCc2nnnn2-c2ccc(F)c(F)c2)cc1. The number of tetrazole rings is 1. The maximum absolute atomic E-state index is 13.4. The Morgan fingerprint density at radius 3 is 2.44 bits per heavy atom. The number of carbonyl (C=O) groups is 1. The third kappa shape index (κ3) is 4.04. The van der Waals surface area contributed by atoms with E-state index >= 15 is 0 Å². The summed E-state index contributed by atoms with van der Waals surface area (Å²) in [7, 11) is -3.90. The van der Waals surface area contributed by atoms with Gasteiger partial charge in [0, 0.05) is 11.6 Å². The number of hydrogen-bond acceptors (Lipinski definition) is 6. The first-order valence-electron chi connectivity index (χ1n) is 7.61. The number of hydrogen-bond donors (Lipinski definition) is 1. The number of nitrogens with zero attached hydrogens (tertiary/aromatic N) is 4. The molecule has 1 N–H and O–H groups in total. The molecule has 0 saturated carbocycles. The third-order valence-corrected chi connectivity index (χ3v) is 5.09. The first-order chi connectivity index (χ1) is 12.8. The Kier molecular flexibility index (Phi) is 5.06. The third-order valence-electron chi connectivity index (χ3n) is 3.67. The molecule has 1 heterocycles. The van der Waals surface area contributed by atoms with Gasteiger partial charge in [-0.15, -0.1) is 5.10 Å². The highest BCUT2D eigenvalue weighted by molar-refractivity contribution is 7.89. The van der Waals surface area contributed by atoms with Gasteiger partial charge >= 0.3 is 0 Å². The summed E-state index contributed by atoms with van der Waals surface area (Å²) < 4.78 is 54.6. The number of nitrogens with one attached hydrogen (secondary N) is 1. The van der Waals surface area contributed by atoms with Crippen molar-refractivity contribution in [2.24, 2.45) is 0 Å². The van der Waals surface area contributed by atoms with Crippen LogP contribution < -0.4 is 4.72 Å². The average Bonchev–Trinajstić information content (AvgIpc) is 3.11. The first kappa shape index (κ1) is 18.7. The van der Waals surface area contributed by atoms with Crippen LogP contribution in [-0.2, 0) is 16.6 Å². The number of carbonyl (C=O) groups excluding carboxylic acids is 1. The van der Waals surface area contributed by atoms with Crippen molar-refractivity contribution in [2.45, 2.75) is 18.4 Å². The molecule has 0 atom stereocenters. The molecule has 0 amide bonds. The molecule has 1 aromatic heterocycles. The molecule has 11 heteroatoms. The van der Waals surface area contributed by atoms with Crippen molar-refractivity contribution >= 4 is 15.8 Å². The Bertz CT molecular complexity index is 1100. The molecule has 0 aliphatic rings. The standard InChI is InChI=1S/C16H13F2N5O3S/c1-10(24)11-2-5-13(6-3-11)27(25,26)19-9-16-20-21-22-23(16)12-4-7-14(17)15(18)8-12/h2-8,19H,9H2,1H3. The quantitative estimate of drug-likeness (QED) is 0.638. The monoisotopic (exact) mass is 393 g/mol. The fraction of sp³-hybridized carbons (Fsp3) is 0.125. The Hall–Kier alpha value is -3.05. The van der Waals surface area contributed by atoms with E-state index in [2.05, 4.69) is 20.2 Å². The van der Waals surface area contributed by atoms with Crippen LogP contribution in [0.15, 0.2) is 47.4 Å². The summed E-state index contributed by atoms with van der Waals surface area (Å²) >= 11 is 0. The molecule has 0 saturated heterocycles. The Morgan fingerprint density at radius 2 is 1.81 bits per heavy atom. The number of Topliss-reactive ketones (excluding diaryl/α,β-unsaturated/α-hetero) is 1. The molecule has 0 fully saturated rings. The topological polar surface area (TPSA) is 107 Å². The molecular formula is C16H13F2N5O3S. The highest BCUT2D eigenvalue weighted by atomic mass is 32.2. The van der Waals surface area contributed by atoms with Crippen LogP contribution in [0.25, 0.3) is 5.69 Å². The summed E-state index contributed by atoms with van der Waals surface area (Å²) in [6.45, 7) is 1.09. The van der Waals surface area contributed by atoms with Gasteiger partial charge in [-0.3, -0.25) is 4.79 Å². The van der Waals surface area contributed by atoms with Gasteiger partial charge in [0.05, 0.1) is 17.1 Å². The van der Waals surface area contributed by atoms with E-state index in [1.807, 2.05) is 0 Å². The van der Waals surface area contributed by atoms with Crippen LogP contribution in [0.4, 0.5) is 8.78 Å². The zero-order chi connectivity index (χ0) is 19.6. The second-order valence-corrected chi connectivity index (χ2v) is 7.28. The van der Waals surface area contributed by atoms with Crippen molar-refractivity contribution in [3.63, 3.8) is 0 Å². The second-order valence-electron chi connectivity index (χ2n) is 5.51. The van der Waals surface area contributed by atoms with E-state index in [-0.39, 0.29) is 28.7 Å². The minimum absolute atomic E-state index is 0.0423. The largest absolute Gasteiger partial charge is 0.295 e. The predicted octanol–water partition coefficient (Wildman–Crippen LogP) is 1.62. The number of aromatic nitrogens is 4. The lowest BCUT2D eigenvalue weighted by molar-refractivity contribution is 0.101. The van der Waals surface area contributed by atoms with Gasteiger partial charge in [-0.1, -0.05) is 12.1 Å². The second kappa shape index (κ2) is 7.29. The van der Waals surface area contributed by atoms with Crippen molar-refractivity contribution in [3.8, 4) is 5.69 Å². The Morgan fingerprint density at radius 1 is 1.11 bits per heavy atom. The molecule has 2 aromatic carbocycles. The smallest absolute Gasteiger partial charge is 0.240 e. The summed E-state index contributed by atoms with van der Waals surface area (Å²) in [5.74, 6) is -2.22. The zero-order valence-corrected chi connectivity index (χ0v) is 14.7. The predicted molar refractivity (Wildman–Crippen MR) is 89.5 cm³/mol. The van der Waals surface area contributed by atoms with E-state index in [1.54, 1.807) is 0 Å². The van der Waals surface area contributed by atoms with E-state index in [0.29, 0.717) is 5.56 Å². The first-order valence-corrected chi connectivity index (χ1v) is 9.09. The van der Waals surface area contributed by atoms with E-state index in [0.717, 1.165) is 16.8 Å². The highest BCUT2D eigenvalue weighted by Crippen LogP contribution is 2.14. The molecule has 0 spiro atoms. The number of sulfonamides is 1. The van der Waals surface area contributed by atoms with E-state index in [4.69, 9.17) is 0 Å². The lowest BCUT2D eigenvalue weighted by Crippen LogP contribution is -2.25. The molecule has 8 nitrogen and oxygen atoms in total. The Balaban J connectivity index is 1.79. The van der Waals surface area contributed by atoms with Gasteiger partial charge < -0.3 is 0 Å². The van der Waals surface area contributed by atoms with Gasteiger partial charge in [-0.2, -0.15) is 4.68 Å². The molecule has 27 heavy (non-hydrogen) atoms. The average molecular weight is 393 g/mol. The summed E-state index contributed by atoms with van der Waals surface area (Å²) in [4.78, 5) is 11.2. The van der Waals surface area contributed by atoms with Crippen molar-refractivity contribution < 1.29 is 22.0 Å². The number of halogens is 2. The van der Waals surface area contributed by atoms with Crippen molar-refractivity contribution in [2.75, 3.05) is 0 Å². The molecule has 0 unspecified atom stereocenters. The Labute approximate surface area is 152 Å². The highest BCUT2D eigenvalue weighted by Gasteiger charge is 2.17. The number of rotatable bonds is 6. The normalized spacial score (nSPS) is 11.5. The minimum atomic E-state index is -3.90. The molecule has 0 aliphatic heterocycles. The summed E-state index contributed by atoms with van der Waals surface area (Å²) in [6.07, 6.45) is 0. The molecule has 140 valence electrons. The number of ketones is 1. The number of benzene rings is 2. The summed E-state index contributed by atoms with van der Waals surface area (Å²) in [6, 6.07) is 8.48. The van der Waals surface area contributed by atoms with Gasteiger partial charge in [-0.05, 0) is 41.6 Å². The van der Waals surface area contributed by atoms with Gasteiger partial charge in [0.15, 0.2) is 23.2 Å². The van der Waals surface area contributed by atoms with Gasteiger partial charge in [0.1, 0.15) is 0 Å². The zero-order valence-electron chi connectivity index (χ0n) is 13.9. The molecule has 0 radical (unpaired) electrons. The maximum Gasteiger partial charge on any atom is 0.240 e. The van der Waals surface area contributed by atoms with Crippen molar-refractivity contribution in [3.05, 3.63) is 65.5 Å². The summed E-state index contributed by atoms with van der Waals surface area (Å²) in [5, 5.41) is 10.8. The lowest BCUT2D eigenvalue weighted by atomic mass is 10.2. The van der Waals surface area contributed by atoms with Crippen molar-refractivity contribution in [1.82, 2.24) is 24.9 Å². The van der Waals surface area contributed by atoms with E-state index in [9.17, 15) is 22.0 Å².